The second-order valence-corrected chi connectivity index (χ2v) is 11.0. The summed E-state index contributed by atoms with van der Waals surface area (Å²) >= 11 is 0. The van der Waals surface area contributed by atoms with Crippen LogP contribution in [0.4, 0.5) is 0 Å². The number of Topliss-reactive ketones (excluding diaryl/α,β-unsaturated/α-hetero) is 1. The third-order valence-electron chi connectivity index (χ3n) is 9.31. The molecule has 7 atom stereocenters. The highest BCUT2D eigenvalue weighted by atomic mass is 16.7. The Kier molecular flexibility index (Phi) is 6.93. The van der Waals surface area contributed by atoms with Crippen molar-refractivity contribution in [1.82, 2.24) is 0 Å². The summed E-state index contributed by atoms with van der Waals surface area (Å²) in [6.45, 7) is 5.70. The number of rotatable bonds is 8. The molecule has 4 aliphatic carbocycles. The molecular weight excluding hydrogens is 436 g/mol. The summed E-state index contributed by atoms with van der Waals surface area (Å²) in [5.41, 5.74) is -1.06. The van der Waals surface area contributed by atoms with E-state index in [1.54, 1.807) is 12.2 Å². The number of aliphatic hydroxyl groups is 1. The van der Waals surface area contributed by atoms with Crippen molar-refractivity contribution in [2.45, 2.75) is 77.4 Å². The first-order chi connectivity index (χ1) is 16.1. The number of hydrogen-bond acceptors (Lipinski definition) is 7. The molecule has 3 saturated carbocycles. The van der Waals surface area contributed by atoms with Crippen LogP contribution < -0.4 is 0 Å². The molecule has 0 radical (unpaired) electrons. The van der Waals surface area contributed by atoms with Gasteiger partial charge in [0.15, 0.2) is 12.4 Å². The smallest absolute Gasteiger partial charge is 0.306 e. The molecule has 0 spiro atoms. The second-order valence-electron chi connectivity index (χ2n) is 11.0. The molecule has 0 amide bonds. The fraction of sp³-hybridized carbons (Fsp3) is 0.741. The number of allylic oxidation sites excluding steroid dienone is 4. The van der Waals surface area contributed by atoms with E-state index in [9.17, 15) is 19.5 Å². The number of carbonyl (C=O) groups is 3. The lowest BCUT2D eigenvalue weighted by Crippen LogP contribution is -2.62. The maximum Gasteiger partial charge on any atom is 0.306 e. The summed E-state index contributed by atoms with van der Waals surface area (Å²) in [5.74, 6) is -0.299. The second kappa shape index (κ2) is 9.32. The van der Waals surface area contributed by atoms with Gasteiger partial charge < -0.3 is 19.3 Å². The van der Waals surface area contributed by atoms with Crippen molar-refractivity contribution < 1.29 is 33.7 Å². The topological polar surface area (TPSA) is 99.1 Å². The van der Waals surface area contributed by atoms with Gasteiger partial charge in [0.25, 0.3) is 0 Å². The Balaban J connectivity index is 1.65. The highest BCUT2D eigenvalue weighted by Crippen LogP contribution is 2.67. The third-order valence-corrected chi connectivity index (χ3v) is 9.31. The number of ether oxygens (including phenoxy) is 3. The van der Waals surface area contributed by atoms with Crippen molar-refractivity contribution in [2.75, 3.05) is 20.5 Å². The van der Waals surface area contributed by atoms with Gasteiger partial charge in [-0.3, -0.25) is 14.4 Å². The zero-order valence-corrected chi connectivity index (χ0v) is 20.8. The molecule has 3 fully saturated rings. The Bertz CT molecular complexity index is 907. The van der Waals surface area contributed by atoms with E-state index in [2.05, 4.69) is 13.8 Å². The third kappa shape index (κ3) is 3.80. The van der Waals surface area contributed by atoms with Crippen molar-refractivity contribution >= 4 is 17.5 Å². The number of aliphatic hydroxyl groups excluding tert-OH is 1. The normalized spacial score (nSPS) is 40.7. The first-order valence-corrected chi connectivity index (χ1v) is 12.6. The van der Waals surface area contributed by atoms with Crippen LogP contribution in [0.1, 0.15) is 65.7 Å². The van der Waals surface area contributed by atoms with Gasteiger partial charge in [-0.25, -0.2) is 0 Å². The van der Waals surface area contributed by atoms with E-state index in [-0.39, 0.29) is 60.5 Å². The fourth-order valence-corrected chi connectivity index (χ4v) is 7.79. The van der Waals surface area contributed by atoms with Crippen molar-refractivity contribution in [3.05, 3.63) is 23.8 Å². The predicted molar refractivity (Wildman–Crippen MR) is 125 cm³/mol. The maximum atomic E-state index is 13.6. The molecular formula is C27H38O7. The Hall–Kier alpha value is -1.83. The van der Waals surface area contributed by atoms with Gasteiger partial charge in [-0.15, -0.1) is 0 Å². The van der Waals surface area contributed by atoms with Crippen LogP contribution in [-0.4, -0.2) is 54.9 Å². The number of esters is 1. The van der Waals surface area contributed by atoms with E-state index in [1.165, 1.54) is 7.11 Å². The first-order valence-electron chi connectivity index (χ1n) is 12.6. The summed E-state index contributed by atoms with van der Waals surface area (Å²) in [4.78, 5) is 37.6. The molecule has 0 saturated heterocycles. The molecule has 0 aromatic heterocycles. The van der Waals surface area contributed by atoms with Gasteiger partial charge in [0.05, 0.1) is 6.10 Å². The van der Waals surface area contributed by atoms with Crippen LogP contribution in [0.25, 0.3) is 0 Å². The van der Waals surface area contributed by atoms with Crippen molar-refractivity contribution in [2.24, 2.45) is 28.6 Å². The quantitative estimate of drug-likeness (QED) is 0.424. The molecule has 188 valence electrons. The van der Waals surface area contributed by atoms with Gasteiger partial charge in [0, 0.05) is 30.3 Å². The van der Waals surface area contributed by atoms with Gasteiger partial charge in [-0.2, -0.15) is 0 Å². The maximum absolute atomic E-state index is 13.6. The molecule has 0 aromatic rings. The minimum absolute atomic E-state index is 0.0112. The van der Waals surface area contributed by atoms with Crippen LogP contribution in [0.5, 0.6) is 0 Å². The lowest BCUT2D eigenvalue weighted by Gasteiger charge is -2.60. The van der Waals surface area contributed by atoms with Gasteiger partial charge in [0.2, 0.25) is 5.78 Å². The van der Waals surface area contributed by atoms with E-state index in [1.807, 2.05) is 13.0 Å². The van der Waals surface area contributed by atoms with Crippen molar-refractivity contribution in [1.29, 1.82) is 0 Å². The summed E-state index contributed by atoms with van der Waals surface area (Å²) < 4.78 is 16.7. The SMILES string of the molecule is CCCC(=O)OCC(=O)[C@@]1(OCOC)CC[C@H]2[C@@H]3CCC4=CC(=O)C=C[C@]4(C)[C@H]3[C@@H](O)C[C@@]21C. The largest absolute Gasteiger partial charge is 0.458 e. The average molecular weight is 475 g/mol. The standard InChI is InChI=1S/C27H38O7/c1-5-6-23(31)33-15-22(30)27(34-16-32-4)12-10-20-19-8-7-17-13-18(28)9-11-25(17,2)24(19)21(29)14-26(20,27)3/h9,11,13,19-21,24,29H,5-8,10,12,14-16H2,1-4H3/t19-,20-,21-,24+,25-,26-,27-/m0/s1. The van der Waals surface area contributed by atoms with Crippen LogP contribution in [-0.2, 0) is 28.6 Å². The van der Waals surface area contributed by atoms with Crippen molar-refractivity contribution in [3.63, 3.8) is 0 Å². The molecule has 7 heteroatoms. The molecule has 0 aromatic carbocycles. The van der Waals surface area contributed by atoms with Gasteiger partial charge in [0.1, 0.15) is 12.4 Å². The highest BCUT2D eigenvalue weighted by Gasteiger charge is 2.69. The van der Waals surface area contributed by atoms with Crippen LogP contribution in [0.2, 0.25) is 0 Å². The lowest BCUT2D eigenvalue weighted by atomic mass is 9.46. The van der Waals surface area contributed by atoms with Gasteiger partial charge >= 0.3 is 5.97 Å². The minimum Gasteiger partial charge on any atom is -0.458 e. The summed E-state index contributed by atoms with van der Waals surface area (Å²) in [7, 11) is 1.52. The van der Waals surface area contributed by atoms with E-state index < -0.39 is 17.1 Å². The number of hydrogen-bond donors (Lipinski definition) is 1. The zero-order valence-electron chi connectivity index (χ0n) is 20.8. The van der Waals surface area contributed by atoms with Crippen LogP contribution in [0.15, 0.2) is 23.8 Å². The molecule has 4 aliphatic rings. The Morgan fingerprint density at radius 3 is 2.71 bits per heavy atom. The zero-order chi connectivity index (χ0) is 24.7. The Labute approximate surface area is 201 Å². The van der Waals surface area contributed by atoms with Crippen LogP contribution in [0.3, 0.4) is 0 Å². The summed E-state index contributed by atoms with van der Waals surface area (Å²) in [6.07, 6.45) is 8.99. The lowest BCUT2D eigenvalue weighted by molar-refractivity contribution is -0.215. The fourth-order valence-electron chi connectivity index (χ4n) is 7.79. The molecule has 0 bridgehead atoms. The van der Waals surface area contributed by atoms with Crippen LogP contribution >= 0.6 is 0 Å². The van der Waals surface area contributed by atoms with Gasteiger partial charge in [-0.05, 0) is 62.5 Å². The molecule has 7 nitrogen and oxygen atoms in total. The predicted octanol–water partition coefficient (Wildman–Crippen LogP) is 3.54. The minimum atomic E-state index is -1.18. The Morgan fingerprint density at radius 2 is 2.00 bits per heavy atom. The van der Waals surface area contributed by atoms with E-state index in [0.29, 0.717) is 19.3 Å². The monoisotopic (exact) mass is 474 g/mol. The summed E-state index contributed by atoms with van der Waals surface area (Å²) in [6, 6.07) is 0. The molecule has 0 heterocycles. The van der Waals surface area contributed by atoms with E-state index in [0.717, 1.165) is 24.8 Å². The molecule has 4 rings (SSSR count). The van der Waals surface area contributed by atoms with Gasteiger partial charge in [-0.1, -0.05) is 32.4 Å². The first kappa shape index (κ1) is 25.3. The number of carbonyl (C=O) groups excluding carboxylic acids is 3. The number of fused-ring (bicyclic) bond motifs is 5. The number of ketones is 2. The highest BCUT2D eigenvalue weighted by molar-refractivity contribution is 6.01. The Morgan fingerprint density at radius 1 is 1.24 bits per heavy atom. The summed E-state index contributed by atoms with van der Waals surface area (Å²) in [5, 5.41) is 11.6. The van der Waals surface area contributed by atoms with E-state index in [4.69, 9.17) is 14.2 Å². The van der Waals surface area contributed by atoms with Crippen LogP contribution in [0, 0.1) is 28.6 Å². The average Bonchev–Trinajstić information content (AvgIpc) is 3.09. The molecule has 1 N–H and O–H groups in total. The molecule has 0 unspecified atom stereocenters. The van der Waals surface area contributed by atoms with Crippen molar-refractivity contribution in [3.8, 4) is 0 Å². The van der Waals surface area contributed by atoms with E-state index >= 15 is 0 Å². The molecule has 0 aliphatic heterocycles. The molecule has 34 heavy (non-hydrogen) atoms. The number of methoxy groups -OCH3 is 1.